The predicted molar refractivity (Wildman–Crippen MR) is 114 cm³/mol. The van der Waals surface area contributed by atoms with Gasteiger partial charge in [-0.05, 0) is 36.6 Å². The van der Waals surface area contributed by atoms with Crippen LogP contribution >= 0.6 is 0 Å². The molecule has 0 aliphatic carbocycles. The Morgan fingerprint density at radius 2 is 1.83 bits per heavy atom. The number of piperidine rings is 1. The van der Waals surface area contributed by atoms with Gasteiger partial charge >= 0.3 is 0 Å². The maximum Gasteiger partial charge on any atom is 0.269 e. The molecule has 8 nitrogen and oxygen atoms in total. The van der Waals surface area contributed by atoms with Crippen molar-refractivity contribution in [2.45, 2.75) is 30.7 Å². The van der Waals surface area contributed by atoms with Crippen LogP contribution in [0.1, 0.15) is 24.8 Å². The number of nitro benzene ring substituents is 1. The van der Waals surface area contributed by atoms with Gasteiger partial charge in [0.2, 0.25) is 10.0 Å². The second-order valence-electron chi connectivity index (χ2n) is 7.32. The third-order valence-electron chi connectivity index (χ3n) is 5.01. The molecule has 1 saturated heterocycles. The second kappa shape index (κ2) is 8.79. The van der Waals surface area contributed by atoms with Crippen molar-refractivity contribution in [1.82, 2.24) is 4.31 Å². The van der Waals surface area contributed by atoms with Gasteiger partial charge in [0, 0.05) is 45.9 Å². The Bertz CT molecular complexity index is 986. The van der Waals surface area contributed by atoms with Crippen molar-refractivity contribution in [3.63, 3.8) is 0 Å². The Morgan fingerprint density at radius 1 is 1.10 bits per heavy atom. The molecule has 0 spiro atoms. The van der Waals surface area contributed by atoms with Crippen molar-refractivity contribution < 1.29 is 13.3 Å². The minimum absolute atomic E-state index is 0.0264. The van der Waals surface area contributed by atoms with E-state index in [2.05, 4.69) is 5.32 Å². The fourth-order valence-electron chi connectivity index (χ4n) is 3.44. The maximum absolute atomic E-state index is 13.0. The van der Waals surface area contributed by atoms with Gasteiger partial charge in [0.1, 0.15) is 0 Å². The fraction of sp³-hybridized carbons (Fsp3) is 0.400. The summed E-state index contributed by atoms with van der Waals surface area (Å²) in [5.74, 6) is 0. The summed E-state index contributed by atoms with van der Waals surface area (Å²) in [7, 11) is 0.221. The summed E-state index contributed by atoms with van der Waals surface area (Å²) in [6.07, 6.45) is 2.82. The third-order valence-corrected chi connectivity index (χ3v) is 6.90. The number of hydrogen-bond donors (Lipinski definition) is 1. The SMILES string of the molecule is CN(C)c1ccc(S(=O)(=O)N2CCCCC2)cc1NCc1cccc([N+](=O)[O-])c1. The van der Waals surface area contributed by atoms with Crippen molar-refractivity contribution in [3.8, 4) is 0 Å². The van der Waals surface area contributed by atoms with Crippen LogP contribution in [0.15, 0.2) is 47.4 Å². The van der Waals surface area contributed by atoms with Gasteiger partial charge in [-0.3, -0.25) is 10.1 Å². The van der Waals surface area contributed by atoms with Crippen molar-refractivity contribution in [1.29, 1.82) is 0 Å². The first-order valence-electron chi connectivity index (χ1n) is 9.58. The molecule has 0 aromatic heterocycles. The number of anilines is 2. The summed E-state index contributed by atoms with van der Waals surface area (Å²) in [6.45, 7) is 1.44. The summed E-state index contributed by atoms with van der Waals surface area (Å²) >= 11 is 0. The molecule has 0 bridgehead atoms. The lowest BCUT2D eigenvalue weighted by atomic mass is 10.2. The van der Waals surface area contributed by atoms with Crippen LogP contribution in [0, 0.1) is 10.1 Å². The van der Waals surface area contributed by atoms with E-state index in [0.29, 0.717) is 25.3 Å². The van der Waals surface area contributed by atoms with Crippen LogP contribution in [0.2, 0.25) is 0 Å². The molecule has 29 heavy (non-hydrogen) atoms. The zero-order chi connectivity index (χ0) is 21.0. The van der Waals surface area contributed by atoms with Crippen LogP contribution in [0.5, 0.6) is 0 Å². The molecule has 0 saturated carbocycles. The van der Waals surface area contributed by atoms with Gasteiger partial charge in [0.25, 0.3) is 5.69 Å². The first-order chi connectivity index (χ1) is 13.8. The summed E-state index contributed by atoms with van der Waals surface area (Å²) in [4.78, 5) is 12.7. The van der Waals surface area contributed by atoms with Crippen LogP contribution in [0.25, 0.3) is 0 Å². The summed E-state index contributed by atoms with van der Waals surface area (Å²) < 4.78 is 27.6. The Labute approximate surface area is 171 Å². The molecule has 2 aromatic carbocycles. The summed E-state index contributed by atoms with van der Waals surface area (Å²) in [5.41, 5.74) is 2.28. The fourth-order valence-corrected chi connectivity index (χ4v) is 4.98. The monoisotopic (exact) mass is 418 g/mol. The number of rotatable bonds is 7. The largest absolute Gasteiger partial charge is 0.379 e. The highest BCUT2D eigenvalue weighted by Gasteiger charge is 2.26. The molecule has 1 heterocycles. The van der Waals surface area contributed by atoms with Gasteiger partial charge in [-0.2, -0.15) is 4.31 Å². The van der Waals surface area contributed by atoms with Gasteiger partial charge in [-0.25, -0.2) is 8.42 Å². The standard InChI is InChI=1S/C20H26N4O4S/c1-22(2)20-10-9-18(29(27,28)23-11-4-3-5-12-23)14-19(20)21-15-16-7-6-8-17(13-16)24(25)26/h6-10,13-14,21H,3-5,11-12,15H2,1-2H3. The second-order valence-corrected chi connectivity index (χ2v) is 9.26. The highest BCUT2D eigenvalue weighted by Crippen LogP contribution is 2.30. The Kier molecular flexibility index (Phi) is 6.39. The van der Waals surface area contributed by atoms with E-state index in [1.165, 1.54) is 12.1 Å². The molecule has 2 aromatic rings. The van der Waals surface area contributed by atoms with Gasteiger partial charge in [0.05, 0.1) is 21.2 Å². The van der Waals surface area contributed by atoms with Crippen LogP contribution in [0.3, 0.4) is 0 Å². The van der Waals surface area contributed by atoms with E-state index in [9.17, 15) is 18.5 Å². The average Bonchev–Trinajstić information content (AvgIpc) is 2.72. The minimum Gasteiger partial charge on any atom is -0.379 e. The van der Waals surface area contributed by atoms with E-state index in [4.69, 9.17) is 0 Å². The molecule has 1 aliphatic heterocycles. The molecule has 1 fully saturated rings. The summed E-state index contributed by atoms with van der Waals surface area (Å²) in [5, 5.41) is 14.2. The lowest BCUT2D eigenvalue weighted by molar-refractivity contribution is -0.384. The van der Waals surface area contributed by atoms with Crippen molar-refractivity contribution in [3.05, 3.63) is 58.1 Å². The molecule has 0 radical (unpaired) electrons. The molecular formula is C20H26N4O4S. The molecular weight excluding hydrogens is 392 g/mol. The van der Waals surface area contributed by atoms with E-state index in [-0.39, 0.29) is 10.6 Å². The third kappa shape index (κ3) is 4.86. The summed E-state index contributed by atoms with van der Waals surface area (Å²) in [6, 6.07) is 11.5. The minimum atomic E-state index is -3.54. The molecule has 0 atom stereocenters. The zero-order valence-electron chi connectivity index (χ0n) is 16.7. The van der Waals surface area contributed by atoms with Gasteiger partial charge < -0.3 is 10.2 Å². The van der Waals surface area contributed by atoms with E-state index in [1.54, 1.807) is 34.6 Å². The van der Waals surface area contributed by atoms with E-state index >= 15 is 0 Å². The zero-order valence-corrected chi connectivity index (χ0v) is 17.5. The van der Waals surface area contributed by atoms with Crippen molar-refractivity contribution in [2.75, 3.05) is 37.4 Å². The van der Waals surface area contributed by atoms with Crippen LogP contribution in [0.4, 0.5) is 17.1 Å². The average molecular weight is 419 g/mol. The first kappa shape index (κ1) is 21.1. The van der Waals surface area contributed by atoms with Gasteiger partial charge in [-0.15, -0.1) is 0 Å². The molecule has 9 heteroatoms. The van der Waals surface area contributed by atoms with Crippen molar-refractivity contribution >= 4 is 27.1 Å². The quantitative estimate of drug-likeness (QED) is 0.547. The maximum atomic E-state index is 13.0. The molecule has 0 amide bonds. The molecule has 156 valence electrons. The number of non-ortho nitro benzene ring substituents is 1. The number of nitrogens with zero attached hydrogens (tertiary/aromatic N) is 3. The normalized spacial score (nSPS) is 15.1. The highest BCUT2D eigenvalue weighted by molar-refractivity contribution is 7.89. The molecule has 1 aliphatic rings. The van der Waals surface area contributed by atoms with E-state index in [1.807, 2.05) is 19.0 Å². The Balaban J connectivity index is 1.87. The van der Waals surface area contributed by atoms with E-state index in [0.717, 1.165) is 30.5 Å². The van der Waals surface area contributed by atoms with E-state index < -0.39 is 14.9 Å². The number of hydrogen-bond acceptors (Lipinski definition) is 6. The predicted octanol–water partition coefficient (Wildman–Crippen LogP) is 3.45. The van der Waals surface area contributed by atoms with Crippen LogP contribution in [-0.4, -0.2) is 44.8 Å². The Hall–Kier alpha value is -2.65. The molecule has 1 N–H and O–H groups in total. The number of nitro groups is 1. The van der Waals surface area contributed by atoms with Crippen LogP contribution < -0.4 is 10.2 Å². The Morgan fingerprint density at radius 3 is 2.48 bits per heavy atom. The lowest BCUT2D eigenvalue weighted by Crippen LogP contribution is -2.35. The molecule has 3 rings (SSSR count). The van der Waals surface area contributed by atoms with Gasteiger partial charge in [-0.1, -0.05) is 18.6 Å². The lowest BCUT2D eigenvalue weighted by Gasteiger charge is -2.27. The van der Waals surface area contributed by atoms with Gasteiger partial charge in [0.15, 0.2) is 0 Å². The van der Waals surface area contributed by atoms with Crippen molar-refractivity contribution in [2.24, 2.45) is 0 Å². The number of nitrogens with one attached hydrogen (secondary N) is 1. The smallest absolute Gasteiger partial charge is 0.269 e. The topological polar surface area (TPSA) is 95.8 Å². The number of sulfonamides is 1. The molecule has 0 unspecified atom stereocenters. The highest BCUT2D eigenvalue weighted by atomic mass is 32.2. The number of benzene rings is 2. The first-order valence-corrected chi connectivity index (χ1v) is 11.0. The van der Waals surface area contributed by atoms with Crippen LogP contribution in [-0.2, 0) is 16.6 Å².